The number of ether oxygens (including phenoxy) is 1. The molecule has 3 aliphatic rings. The highest BCUT2D eigenvalue weighted by atomic mass is 16.5. The summed E-state index contributed by atoms with van der Waals surface area (Å²) in [7, 11) is 0. The highest BCUT2D eigenvalue weighted by molar-refractivity contribution is 5.45. The molecular formula is C21H22N2O. The molecule has 6 rings (SSSR count). The molecule has 122 valence electrons. The van der Waals surface area contributed by atoms with Crippen molar-refractivity contribution in [1.82, 2.24) is 9.38 Å². The predicted octanol–water partition coefficient (Wildman–Crippen LogP) is 4.45. The van der Waals surface area contributed by atoms with Crippen LogP contribution in [0.4, 0.5) is 0 Å². The molecule has 0 amide bonds. The fourth-order valence-electron chi connectivity index (χ4n) is 4.65. The smallest absolute Gasteiger partial charge is 0.136 e. The van der Waals surface area contributed by atoms with Crippen molar-refractivity contribution in [2.75, 3.05) is 6.61 Å². The van der Waals surface area contributed by atoms with Crippen molar-refractivity contribution in [3.63, 3.8) is 0 Å². The van der Waals surface area contributed by atoms with Crippen LogP contribution in [0.1, 0.15) is 36.1 Å². The molecule has 2 bridgehead atoms. The van der Waals surface area contributed by atoms with Gasteiger partial charge in [0.1, 0.15) is 11.4 Å². The van der Waals surface area contributed by atoms with Gasteiger partial charge in [0.15, 0.2) is 0 Å². The summed E-state index contributed by atoms with van der Waals surface area (Å²) >= 11 is 0. The van der Waals surface area contributed by atoms with Crippen molar-refractivity contribution in [3.05, 3.63) is 65.6 Å². The van der Waals surface area contributed by atoms with Crippen LogP contribution in [0.15, 0.2) is 48.8 Å². The Balaban J connectivity index is 1.27. The molecule has 0 aliphatic heterocycles. The zero-order valence-electron chi connectivity index (χ0n) is 14.2. The number of imidazole rings is 1. The van der Waals surface area contributed by atoms with E-state index < -0.39 is 0 Å². The van der Waals surface area contributed by atoms with Gasteiger partial charge in [-0.05, 0) is 68.5 Å². The van der Waals surface area contributed by atoms with Crippen LogP contribution in [0.3, 0.4) is 0 Å². The first kappa shape index (κ1) is 14.1. The average Bonchev–Trinajstić information content (AvgIpc) is 2.92. The Morgan fingerprint density at radius 2 is 1.92 bits per heavy atom. The van der Waals surface area contributed by atoms with Gasteiger partial charge in [-0.1, -0.05) is 12.1 Å². The number of pyridine rings is 1. The summed E-state index contributed by atoms with van der Waals surface area (Å²) < 4.78 is 8.23. The lowest BCUT2D eigenvalue weighted by atomic mass is 9.34. The summed E-state index contributed by atoms with van der Waals surface area (Å²) in [5, 5.41) is 0. The van der Waals surface area contributed by atoms with Crippen LogP contribution in [-0.4, -0.2) is 16.0 Å². The van der Waals surface area contributed by atoms with Crippen molar-refractivity contribution in [2.24, 2.45) is 5.41 Å². The monoisotopic (exact) mass is 318 g/mol. The molecule has 24 heavy (non-hydrogen) atoms. The van der Waals surface area contributed by atoms with Gasteiger partial charge in [0.05, 0.1) is 12.3 Å². The highest BCUT2D eigenvalue weighted by Crippen LogP contribution is 2.73. The first-order chi connectivity index (χ1) is 11.6. The third-order valence-corrected chi connectivity index (χ3v) is 6.07. The summed E-state index contributed by atoms with van der Waals surface area (Å²) in [5.74, 6) is 1.00. The van der Waals surface area contributed by atoms with Gasteiger partial charge in [-0.15, -0.1) is 0 Å². The molecule has 3 aliphatic carbocycles. The fourth-order valence-corrected chi connectivity index (χ4v) is 4.65. The second-order valence-corrected chi connectivity index (χ2v) is 7.94. The lowest BCUT2D eigenvalue weighted by Crippen LogP contribution is -2.66. The van der Waals surface area contributed by atoms with Crippen molar-refractivity contribution in [2.45, 2.75) is 38.5 Å². The fraction of sp³-hybridized carbons (Fsp3) is 0.381. The normalized spacial score (nSPS) is 27.6. The Morgan fingerprint density at radius 1 is 1.08 bits per heavy atom. The van der Waals surface area contributed by atoms with Crippen molar-refractivity contribution in [3.8, 4) is 5.75 Å². The van der Waals surface area contributed by atoms with E-state index in [0.717, 1.165) is 18.0 Å². The molecule has 3 heteroatoms. The van der Waals surface area contributed by atoms with Crippen molar-refractivity contribution < 1.29 is 4.74 Å². The molecule has 0 atom stereocenters. The molecule has 0 unspecified atom stereocenters. The van der Waals surface area contributed by atoms with Gasteiger partial charge in [-0.2, -0.15) is 0 Å². The number of hydrogen-bond acceptors (Lipinski definition) is 2. The number of benzene rings is 1. The first-order valence-electron chi connectivity index (χ1n) is 8.72. The van der Waals surface area contributed by atoms with Crippen LogP contribution in [0, 0.1) is 19.3 Å². The molecule has 1 aromatic carbocycles. The zero-order chi connectivity index (χ0) is 16.4. The molecule has 3 fully saturated rings. The quantitative estimate of drug-likeness (QED) is 0.710. The number of hydrogen-bond donors (Lipinski definition) is 0. The number of nitrogens with zero attached hydrogens (tertiary/aromatic N) is 2. The maximum atomic E-state index is 6.10. The number of fused-ring (bicyclic) bond motifs is 1. The van der Waals surface area contributed by atoms with E-state index in [2.05, 4.69) is 61.0 Å². The Labute approximate surface area is 142 Å². The molecule has 0 saturated heterocycles. The van der Waals surface area contributed by atoms with E-state index in [0.29, 0.717) is 10.8 Å². The third-order valence-electron chi connectivity index (χ3n) is 6.07. The summed E-state index contributed by atoms with van der Waals surface area (Å²) in [4.78, 5) is 4.84. The molecule has 3 nitrogen and oxygen atoms in total. The number of aromatic nitrogens is 2. The van der Waals surface area contributed by atoms with Crippen molar-refractivity contribution in [1.29, 1.82) is 0 Å². The number of aryl methyl sites for hydroxylation is 2. The van der Waals surface area contributed by atoms with Crippen LogP contribution in [0.5, 0.6) is 5.75 Å². The molecule has 3 aromatic rings. The van der Waals surface area contributed by atoms with E-state index in [1.54, 1.807) is 0 Å². The third kappa shape index (κ3) is 1.94. The maximum absolute atomic E-state index is 6.10. The lowest BCUT2D eigenvalue weighted by Gasteiger charge is -2.69. The second kappa shape index (κ2) is 4.62. The summed E-state index contributed by atoms with van der Waals surface area (Å²) in [6, 6.07) is 12.6. The minimum absolute atomic E-state index is 0.318. The van der Waals surface area contributed by atoms with E-state index in [-0.39, 0.29) is 0 Å². The van der Waals surface area contributed by atoms with E-state index in [4.69, 9.17) is 9.72 Å². The van der Waals surface area contributed by atoms with Gasteiger partial charge >= 0.3 is 0 Å². The largest absolute Gasteiger partial charge is 0.493 e. The van der Waals surface area contributed by atoms with Gasteiger partial charge in [-0.25, -0.2) is 4.98 Å². The van der Waals surface area contributed by atoms with Crippen LogP contribution >= 0.6 is 0 Å². The van der Waals surface area contributed by atoms with E-state index >= 15 is 0 Å². The molecule has 0 N–H and O–H groups in total. The summed E-state index contributed by atoms with van der Waals surface area (Å²) in [6.45, 7) is 5.12. The van der Waals surface area contributed by atoms with Crippen LogP contribution in [-0.2, 0) is 5.41 Å². The summed E-state index contributed by atoms with van der Waals surface area (Å²) in [6.07, 6.45) is 7.94. The first-order valence-corrected chi connectivity index (χ1v) is 8.72. The van der Waals surface area contributed by atoms with Gasteiger partial charge in [0.25, 0.3) is 0 Å². The second-order valence-electron chi connectivity index (χ2n) is 7.94. The van der Waals surface area contributed by atoms with Gasteiger partial charge < -0.3 is 9.14 Å². The van der Waals surface area contributed by atoms with Gasteiger partial charge in [-0.3, -0.25) is 0 Å². The SMILES string of the molecule is Cc1ccc(OCC23CC(c4cn5ccccc5n4)(C2)C3)cc1C. The Hall–Kier alpha value is -2.29. The van der Waals surface area contributed by atoms with Crippen LogP contribution < -0.4 is 4.74 Å². The molecule has 2 aromatic heterocycles. The topological polar surface area (TPSA) is 26.5 Å². The van der Waals surface area contributed by atoms with E-state index in [1.165, 1.54) is 36.1 Å². The lowest BCUT2D eigenvalue weighted by molar-refractivity contribution is -0.164. The van der Waals surface area contributed by atoms with E-state index in [9.17, 15) is 0 Å². The predicted molar refractivity (Wildman–Crippen MR) is 94.6 cm³/mol. The molecule has 3 saturated carbocycles. The van der Waals surface area contributed by atoms with Crippen molar-refractivity contribution >= 4 is 5.65 Å². The van der Waals surface area contributed by atoms with Gasteiger partial charge in [0, 0.05) is 23.2 Å². The Bertz CT molecular complexity index is 887. The van der Waals surface area contributed by atoms with Crippen LogP contribution in [0.25, 0.3) is 5.65 Å². The molecule has 0 radical (unpaired) electrons. The zero-order valence-corrected chi connectivity index (χ0v) is 14.2. The van der Waals surface area contributed by atoms with Crippen LogP contribution in [0.2, 0.25) is 0 Å². The Kier molecular flexibility index (Phi) is 2.71. The minimum Gasteiger partial charge on any atom is -0.493 e. The average molecular weight is 318 g/mol. The van der Waals surface area contributed by atoms with E-state index in [1.807, 2.05) is 6.07 Å². The van der Waals surface area contributed by atoms with Gasteiger partial charge in [0.2, 0.25) is 0 Å². The molecule has 2 heterocycles. The maximum Gasteiger partial charge on any atom is 0.136 e. The standard InChI is InChI=1S/C21H22N2O/c1-15-6-7-17(9-16(15)2)24-14-20-11-21(12-20,13-20)18-10-23-8-4-3-5-19(23)22-18/h3-10H,11-14H2,1-2H3. The highest BCUT2D eigenvalue weighted by Gasteiger charge is 2.69. The number of rotatable bonds is 4. The summed E-state index contributed by atoms with van der Waals surface area (Å²) in [5.41, 5.74) is 5.64. The molecular weight excluding hydrogens is 296 g/mol. The minimum atomic E-state index is 0.318. The molecule has 0 spiro atoms. The Morgan fingerprint density at radius 3 is 2.67 bits per heavy atom.